The first kappa shape index (κ1) is 13.8. The van der Waals surface area contributed by atoms with Crippen LogP contribution in [0.5, 0.6) is 0 Å². The molecule has 0 saturated heterocycles. The summed E-state index contributed by atoms with van der Waals surface area (Å²) in [6, 6.07) is 4.80. The molecule has 1 aliphatic carbocycles. The Morgan fingerprint density at radius 1 is 1.43 bits per heavy atom. The molecule has 5 heteroatoms. The predicted molar refractivity (Wildman–Crippen MR) is 77.5 cm³/mol. The lowest BCUT2D eigenvalue weighted by Gasteiger charge is -2.22. The normalized spacial score (nSPS) is 21.4. The number of nitrogens with one attached hydrogen (secondary N) is 1. The van der Waals surface area contributed by atoms with Gasteiger partial charge in [0.25, 0.3) is 5.91 Å². The van der Waals surface area contributed by atoms with Gasteiger partial charge in [-0.05, 0) is 49.9 Å². The molecule has 21 heavy (non-hydrogen) atoms. The monoisotopic (exact) mass is 287 g/mol. The van der Waals surface area contributed by atoms with Gasteiger partial charge in [-0.3, -0.25) is 4.79 Å². The van der Waals surface area contributed by atoms with Crippen molar-refractivity contribution in [1.82, 2.24) is 14.9 Å². The Balaban J connectivity index is 1.73. The number of benzene rings is 1. The number of imidazole rings is 1. The highest BCUT2D eigenvalue weighted by atomic mass is 19.1. The van der Waals surface area contributed by atoms with Gasteiger partial charge < -0.3 is 9.88 Å². The topological polar surface area (TPSA) is 46.9 Å². The molecule has 1 aromatic carbocycles. The van der Waals surface area contributed by atoms with E-state index in [0.29, 0.717) is 11.1 Å². The first-order chi connectivity index (χ1) is 10.1. The van der Waals surface area contributed by atoms with Crippen LogP contribution in [-0.4, -0.2) is 21.5 Å². The number of aryl methyl sites for hydroxylation is 1. The summed E-state index contributed by atoms with van der Waals surface area (Å²) < 4.78 is 15.3. The van der Waals surface area contributed by atoms with Crippen molar-refractivity contribution in [1.29, 1.82) is 0 Å². The fraction of sp³-hybridized carbons (Fsp3) is 0.375. The fourth-order valence-electron chi connectivity index (χ4n) is 2.97. The van der Waals surface area contributed by atoms with Crippen LogP contribution in [0.2, 0.25) is 0 Å². The van der Waals surface area contributed by atoms with E-state index in [1.807, 2.05) is 10.8 Å². The summed E-state index contributed by atoms with van der Waals surface area (Å²) in [5, 5.41) is 3.07. The molecule has 1 fully saturated rings. The van der Waals surface area contributed by atoms with Crippen LogP contribution < -0.4 is 5.32 Å². The van der Waals surface area contributed by atoms with Gasteiger partial charge in [0.15, 0.2) is 0 Å². The van der Waals surface area contributed by atoms with Gasteiger partial charge in [-0.15, -0.1) is 0 Å². The Hall–Kier alpha value is -2.17. The Morgan fingerprint density at radius 2 is 2.29 bits per heavy atom. The molecule has 2 aromatic rings. The predicted octanol–water partition coefficient (Wildman–Crippen LogP) is 2.85. The van der Waals surface area contributed by atoms with Crippen LogP contribution >= 0.6 is 0 Å². The molecule has 110 valence electrons. The molecular formula is C16H18FN3O. The summed E-state index contributed by atoms with van der Waals surface area (Å²) in [5.74, 6) is -0.432. The molecule has 3 rings (SSSR count). The second-order valence-corrected chi connectivity index (χ2v) is 5.55. The van der Waals surface area contributed by atoms with E-state index < -0.39 is 0 Å². The maximum absolute atomic E-state index is 13.3. The quantitative estimate of drug-likeness (QED) is 0.943. The number of hydrogen-bond acceptors (Lipinski definition) is 2. The van der Waals surface area contributed by atoms with Crippen molar-refractivity contribution in [3.63, 3.8) is 0 Å². The summed E-state index contributed by atoms with van der Waals surface area (Å²) >= 11 is 0. The van der Waals surface area contributed by atoms with Crippen molar-refractivity contribution in [2.75, 3.05) is 0 Å². The molecule has 1 aromatic heterocycles. The lowest BCUT2D eigenvalue weighted by atomic mass is 10.1. The van der Waals surface area contributed by atoms with E-state index in [1.165, 1.54) is 12.1 Å². The highest BCUT2D eigenvalue weighted by Gasteiger charge is 2.29. The van der Waals surface area contributed by atoms with Crippen LogP contribution in [0, 0.1) is 12.7 Å². The number of carbonyl (C=O) groups excluding carboxylic acids is 1. The van der Waals surface area contributed by atoms with Gasteiger partial charge in [0.1, 0.15) is 5.82 Å². The average Bonchev–Trinajstić information content (AvgIpc) is 3.12. The maximum atomic E-state index is 13.3. The van der Waals surface area contributed by atoms with E-state index in [1.54, 1.807) is 25.5 Å². The third-order valence-corrected chi connectivity index (χ3v) is 4.12. The third kappa shape index (κ3) is 2.82. The SMILES string of the molecule is Cc1cc(C(=O)NC2CCCC2n2ccnc2)ccc1F. The number of rotatable bonds is 3. The summed E-state index contributed by atoms with van der Waals surface area (Å²) in [5.41, 5.74) is 0.991. The van der Waals surface area contributed by atoms with Crippen LogP contribution in [-0.2, 0) is 0 Å². The number of aromatic nitrogens is 2. The van der Waals surface area contributed by atoms with Crippen LogP contribution in [0.25, 0.3) is 0 Å². The number of hydrogen-bond donors (Lipinski definition) is 1. The van der Waals surface area contributed by atoms with E-state index in [2.05, 4.69) is 10.3 Å². The fourth-order valence-corrected chi connectivity index (χ4v) is 2.97. The largest absolute Gasteiger partial charge is 0.347 e. The standard InChI is InChI=1S/C16H18FN3O/c1-11-9-12(5-6-13(11)17)16(21)19-14-3-2-4-15(14)20-8-7-18-10-20/h5-10,14-15H,2-4H2,1H3,(H,19,21). The first-order valence-corrected chi connectivity index (χ1v) is 7.19. The van der Waals surface area contributed by atoms with Crippen molar-refractivity contribution >= 4 is 5.91 Å². The van der Waals surface area contributed by atoms with Gasteiger partial charge in [-0.2, -0.15) is 0 Å². The van der Waals surface area contributed by atoms with E-state index in [-0.39, 0.29) is 23.8 Å². The Bertz CT molecular complexity index is 639. The molecule has 1 aliphatic rings. The molecule has 2 atom stereocenters. The second-order valence-electron chi connectivity index (χ2n) is 5.55. The smallest absolute Gasteiger partial charge is 0.251 e. The molecule has 0 spiro atoms. The summed E-state index contributed by atoms with van der Waals surface area (Å²) in [6.45, 7) is 1.66. The van der Waals surface area contributed by atoms with E-state index in [0.717, 1.165) is 19.3 Å². The van der Waals surface area contributed by atoms with Crippen LogP contribution in [0.4, 0.5) is 4.39 Å². The molecule has 2 unspecified atom stereocenters. The lowest BCUT2D eigenvalue weighted by Crippen LogP contribution is -2.38. The van der Waals surface area contributed by atoms with Gasteiger partial charge in [0.05, 0.1) is 12.4 Å². The van der Waals surface area contributed by atoms with Crippen LogP contribution in [0.1, 0.15) is 41.2 Å². The molecule has 0 radical (unpaired) electrons. The molecule has 1 N–H and O–H groups in total. The van der Waals surface area contributed by atoms with Gasteiger partial charge in [0, 0.05) is 24.0 Å². The minimum absolute atomic E-state index is 0.0945. The van der Waals surface area contributed by atoms with Crippen molar-refractivity contribution in [2.24, 2.45) is 0 Å². The minimum Gasteiger partial charge on any atom is -0.347 e. The molecule has 1 amide bonds. The van der Waals surface area contributed by atoms with Crippen molar-refractivity contribution in [2.45, 2.75) is 38.3 Å². The molecular weight excluding hydrogens is 269 g/mol. The summed E-state index contributed by atoms with van der Waals surface area (Å²) in [4.78, 5) is 16.4. The Kier molecular flexibility index (Phi) is 3.73. The maximum Gasteiger partial charge on any atom is 0.251 e. The molecule has 1 heterocycles. The average molecular weight is 287 g/mol. The lowest BCUT2D eigenvalue weighted by molar-refractivity contribution is 0.0928. The van der Waals surface area contributed by atoms with Gasteiger partial charge in [-0.25, -0.2) is 9.37 Å². The summed E-state index contributed by atoms with van der Waals surface area (Å²) in [7, 11) is 0. The van der Waals surface area contributed by atoms with Crippen molar-refractivity contribution in [3.05, 3.63) is 53.9 Å². The zero-order valence-corrected chi connectivity index (χ0v) is 11.9. The van der Waals surface area contributed by atoms with Crippen LogP contribution in [0.3, 0.4) is 0 Å². The van der Waals surface area contributed by atoms with Gasteiger partial charge >= 0.3 is 0 Å². The van der Waals surface area contributed by atoms with Gasteiger partial charge in [0.2, 0.25) is 0 Å². The highest BCUT2D eigenvalue weighted by molar-refractivity contribution is 5.94. The number of carbonyl (C=O) groups is 1. The van der Waals surface area contributed by atoms with Crippen molar-refractivity contribution in [3.8, 4) is 0 Å². The zero-order chi connectivity index (χ0) is 14.8. The third-order valence-electron chi connectivity index (χ3n) is 4.12. The Morgan fingerprint density at radius 3 is 3.00 bits per heavy atom. The number of halogens is 1. The second kappa shape index (κ2) is 5.68. The minimum atomic E-state index is -0.288. The number of amides is 1. The number of nitrogens with zero attached hydrogens (tertiary/aromatic N) is 2. The van der Waals surface area contributed by atoms with E-state index >= 15 is 0 Å². The van der Waals surface area contributed by atoms with E-state index in [4.69, 9.17) is 0 Å². The molecule has 0 aliphatic heterocycles. The van der Waals surface area contributed by atoms with Gasteiger partial charge in [-0.1, -0.05) is 0 Å². The Labute approximate surface area is 123 Å². The molecule has 4 nitrogen and oxygen atoms in total. The van der Waals surface area contributed by atoms with Crippen molar-refractivity contribution < 1.29 is 9.18 Å². The molecule has 0 bridgehead atoms. The highest BCUT2D eigenvalue weighted by Crippen LogP contribution is 2.30. The molecule has 1 saturated carbocycles. The zero-order valence-electron chi connectivity index (χ0n) is 11.9. The summed E-state index contributed by atoms with van der Waals surface area (Å²) in [6.07, 6.45) is 8.53. The van der Waals surface area contributed by atoms with Crippen LogP contribution in [0.15, 0.2) is 36.9 Å². The first-order valence-electron chi connectivity index (χ1n) is 7.19. The van der Waals surface area contributed by atoms with E-state index in [9.17, 15) is 9.18 Å².